The topological polar surface area (TPSA) is 59.8 Å². The Kier molecular flexibility index (Phi) is 2.42. The van der Waals surface area contributed by atoms with Crippen LogP contribution in [0.4, 0.5) is 5.82 Å². The fourth-order valence-corrected chi connectivity index (χ4v) is 2.83. The Morgan fingerprint density at radius 2 is 2.20 bits per heavy atom. The lowest BCUT2D eigenvalue weighted by molar-refractivity contribution is -0.116. The quantitative estimate of drug-likeness (QED) is 0.910. The third-order valence-electron chi connectivity index (χ3n) is 3.93. The second kappa shape index (κ2) is 4.16. The van der Waals surface area contributed by atoms with Crippen LogP contribution < -0.4 is 5.32 Å². The van der Waals surface area contributed by atoms with Gasteiger partial charge in [-0.05, 0) is 37.3 Å². The highest BCUT2D eigenvalue weighted by Gasteiger charge is 2.35. The lowest BCUT2D eigenvalue weighted by Gasteiger charge is -2.15. The summed E-state index contributed by atoms with van der Waals surface area (Å²) in [7, 11) is 0. The average Bonchev–Trinajstić information content (AvgIpc) is 3.19. The molecule has 5 nitrogen and oxygen atoms in total. The number of aryl methyl sites for hydroxylation is 2. The molecular formula is C15H16N4O. The number of fused-ring (bicyclic) bond motifs is 1. The zero-order chi connectivity index (χ0) is 13.7. The molecule has 1 amide bonds. The van der Waals surface area contributed by atoms with Crippen LogP contribution in [-0.4, -0.2) is 20.7 Å². The number of aromatic nitrogens is 3. The molecule has 0 spiro atoms. The summed E-state index contributed by atoms with van der Waals surface area (Å²) in [5, 5.41) is 7.72. The van der Waals surface area contributed by atoms with Gasteiger partial charge in [-0.15, -0.1) is 0 Å². The predicted molar refractivity (Wildman–Crippen MR) is 75.4 cm³/mol. The molecule has 0 aromatic carbocycles. The molecule has 0 atom stereocenters. The van der Waals surface area contributed by atoms with Crippen molar-refractivity contribution in [1.82, 2.24) is 14.8 Å². The molecule has 4 rings (SSSR count). The molecule has 102 valence electrons. The summed E-state index contributed by atoms with van der Waals surface area (Å²) in [6, 6.07) is 2.11. The molecule has 0 radical (unpaired) electrons. The maximum atomic E-state index is 11.7. The molecular weight excluding hydrogens is 252 g/mol. The molecule has 0 unspecified atom stereocenters. The number of hydrogen-bond donors (Lipinski definition) is 1. The molecule has 0 saturated heterocycles. The molecule has 5 heteroatoms. The molecule has 1 aliphatic carbocycles. The van der Waals surface area contributed by atoms with E-state index in [1.807, 2.05) is 24.0 Å². The van der Waals surface area contributed by atoms with Crippen LogP contribution in [0.1, 0.15) is 36.3 Å². The van der Waals surface area contributed by atoms with E-state index >= 15 is 0 Å². The summed E-state index contributed by atoms with van der Waals surface area (Å²) < 4.78 is 1.94. The molecule has 2 aromatic rings. The van der Waals surface area contributed by atoms with Crippen LogP contribution in [0, 0.1) is 6.92 Å². The minimum Gasteiger partial charge on any atom is -0.311 e. The molecule has 1 aliphatic heterocycles. The van der Waals surface area contributed by atoms with E-state index in [9.17, 15) is 4.79 Å². The second-order valence-corrected chi connectivity index (χ2v) is 5.66. The zero-order valence-electron chi connectivity index (χ0n) is 11.4. The first kappa shape index (κ1) is 11.6. The predicted octanol–water partition coefficient (Wildman–Crippen LogP) is 2.47. The summed E-state index contributed by atoms with van der Waals surface area (Å²) in [4.78, 5) is 15.9. The molecule has 20 heavy (non-hydrogen) atoms. The zero-order valence-corrected chi connectivity index (χ0v) is 11.4. The molecule has 3 heterocycles. The number of carbonyl (C=O) groups excluding carboxylic acids is 1. The van der Waals surface area contributed by atoms with Crippen LogP contribution in [-0.2, 0) is 11.3 Å². The summed E-state index contributed by atoms with van der Waals surface area (Å²) in [5.41, 5.74) is 4.36. The lowest BCUT2D eigenvalue weighted by atomic mass is 10.0. The third-order valence-corrected chi connectivity index (χ3v) is 3.93. The van der Waals surface area contributed by atoms with Gasteiger partial charge in [-0.25, -0.2) is 4.68 Å². The smallest absolute Gasteiger partial charge is 0.227 e. The standard InChI is InChI=1S/C15H16N4O/c1-9-6-11(8-16-7-9)14-13(10-2-3-10)15-17-12(20)4-5-19(15)18-14/h6-8,10H,2-5H2,1H3,(H,17,20). The first-order valence-corrected chi connectivity index (χ1v) is 7.05. The van der Waals surface area contributed by atoms with Crippen molar-refractivity contribution in [2.75, 3.05) is 5.32 Å². The van der Waals surface area contributed by atoms with Crippen LogP contribution >= 0.6 is 0 Å². The van der Waals surface area contributed by atoms with Crippen LogP contribution in [0.3, 0.4) is 0 Å². The maximum Gasteiger partial charge on any atom is 0.227 e. The highest BCUT2D eigenvalue weighted by molar-refractivity contribution is 5.93. The van der Waals surface area contributed by atoms with E-state index in [0.717, 1.165) is 22.6 Å². The molecule has 2 aromatic heterocycles. The number of pyridine rings is 1. The Morgan fingerprint density at radius 1 is 1.35 bits per heavy atom. The van der Waals surface area contributed by atoms with Gasteiger partial charge in [-0.2, -0.15) is 5.10 Å². The fraction of sp³-hybridized carbons (Fsp3) is 0.400. The maximum absolute atomic E-state index is 11.7. The van der Waals surface area contributed by atoms with Crippen LogP contribution in [0.2, 0.25) is 0 Å². The van der Waals surface area contributed by atoms with Crippen molar-refractivity contribution < 1.29 is 4.79 Å². The number of nitrogens with zero attached hydrogens (tertiary/aromatic N) is 3. The Balaban J connectivity index is 1.89. The number of rotatable bonds is 2. The summed E-state index contributed by atoms with van der Waals surface area (Å²) in [6.45, 7) is 2.70. The van der Waals surface area contributed by atoms with E-state index in [0.29, 0.717) is 18.9 Å². The van der Waals surface area contributed by atoms with Crippen molar-refractivity contribution >= 4 is 11.7 Å². The van der Waals surface area contributed by atoms with E-state index < -0.39 is 0 Å². The molecule has 2 aliphatic rings. The third kappa shape index (κ3) is 1.81. The minimum atomic E-state index is 0.0909. The van der Waals surface area contributed by atoms with Gasteiger partial charge in [-0.3, -0.25) is 9.78 Å². The first-order chi connectivity index (χ1) is 9.72. The Morgan fingerprint density at radius 3 is 2.95 bits per heavy atom. The fourth-order valence-electron chi connectivity index (χ4n) is 2.83. The SMILES string of the molecule is Cc1cncc(-c2nn3c(c2C2CC2)NC(=O)CC3)c1. The van der Waals surface area contributed by atoms with Crippen molar-refractivity contribution in [1.29, 1.82) is 0 Å². The lowest BCUT2D eigenvalue weighted by Crippen LogP contribution is -2.24. The van der Waals surface area contributed by atoms with Gasteiger partial charge >= 0.3 is 0 Å². The van der Waals surface area contributed by atoms with Crippen LogP contribution in [0.5, 0.6) is 0 Å². The monoisotopic (exact) mass is 268 g/mol. The molecule has 0 bridgehead atoms. The van der Waals surface area contributed by atoms with Gasteiger partial charge in [0.05, 0.1) is 12.2 Å². The van der Waals surface area contributed by atoms with E-state index in [2.05, 4.69) is 16.4 Å². The Bertz CT molecular complexity index is 700. The minimum absolute atomic E-state index is 0.0909. The number of amides is 1. The van der Waals surface area contributed by atoms with Gasteiger partial charge in [0.15, 0.2) is 0 Å². The molecule has 1 saturated carbocycles. The second-order valence-electron chi connectivity index (χ2n) is 5.66. The van der Waals surface area contributed by atoms with E-state index in [1.54, 1.807) is 0 Å². The summed E-state index contributed by atoms with van der Waals surface area (Å²) >= 11 is 0. The Hall–Kier alpha value is -2.17. The van der Waals surface area contributed by atoms with Crippen molar-refractivity contribution in [2.45, 2.75) is 38.6 Å². The van der Waals surface area contributed by atoms with E-state index in [-0.39, 0.29) is 5.91 Å². The van der Waals surface area contributed by atoms with E-state index in [1.165, 1.54) is 18.4 Å². The van der Waals surface area contributed by atoms with Gasteiger partial charge in [0, 0.05) is 29.9 Å². The highest BCUT2D eigenvalue weighted by Crippen LogP contribution is 2.48. The number of carbonyl (C=O) groups is 1. The van der Waals surface area contributed by atoms with Crippen molar-refractivity contribution in [3.63, 3.8) is 0 Å². The highest BCUT2D eigenvalue weighted by atomic mass is 16.1. The first-order valence-electron chi connectivity index (χ1n) is 7.05. The van der Waals surface area contributed by atoms with E-state index in [4.69, 9.17) is 5.10 Å². The molecule has 1 N–H and O–H groups in total. The number of hydrogen-bond acceptors (Lipinski definition) is 3. The summed E-state index contributed by atoms with van der Waals surface area (Å²) in [5.74, 6) is 1.53. The van der Waals surface area contributed by atoms with Gasteiger partial charge in [-0.1, -0.05) is 0 Å². The van der Waals surface area contributed by atoms with Crippen molar-refractivity contribution in [3.05, 3.63) is 29.6 Å². The van der Waals surface area contributed by atoms with Gasteiger partial charge in [0.2, 0.25) is 5.91 Å². The Labute approximate surface area is 117 Å². The largest absolute Gasteiger partial charge is 0.311 e. The van der Waals surface area contributed by atoms with Gasteiger partial charge < -0.3 is 5.32 Å². The van der Waals surface area contributed by atoms with Crippen LogP contribution in [0.15, 0.2) is 18.5 Å². The van der Waals surface area contributed by atoms with Gasteiger partial charge in [0.1, 0.15) is 5.82 Å². The summed E-state index contributed by atoms with van der Waals surface area (Å²) in [6.07, 6.45) is 6.57. The normalized spacial score (nSPS) is 17.8. The number of anilines is 1. The average molecular weight is 268 g/mol. The van der Waals surface area contributed by atoms with Crippen LogP contribution in [0.25, 0.3) is 11.3 Å². The van der Waals surface area contributed by atoms with Crippen molar-refractivity contribution in [3.8, 4) is 11.3 Å². The van der Waals surface area contributed by atoms with Crippen molar-refractivity contribution in [2.24, 2.45) is 0 Å². The molecule has 1 fully saturated rings. The van der Waals surface area contributed by atoms with Gasteiger partial charge in [0.25, 0.3) is 0 Å². The number of nitrogens with one attached hydrogen (secondary N) is 1.